The van der Waals surface area contributed by atoms with E-state index in [1.165, 1.54) is 0 Å². The molecule has 1 amide bonds. The number of anilines is 1. The molecule has 27 heavy (non-hydrogen) atoms. The molecule has 7 nitrogen and oxygen atoms in total. The van der Waals surface area contributed by atoms with E-state index in [0.717, 1.165) is 38.4 Å². The fourth-order valence-electron chi connectivity index (χ4n) is 3.20. The van der Waals surface area contributed by atoms with E-state index >= 15 is 0 Å². The van der Waals surface area contributed by atoms with Crippen LogP contribution in [0.5, 0.6) is 5.75 Å². The highest BCUT2D eigenvalue weighted by atomic mass is 16.5. The second-order valence-electron chi connectivity index (χ2n) is 6.48. The Kier molecular flexibility index (Phi) is 5.04. The lowest BCUT2D eigenvalue weighted by molar-refractivity contribution is -0.113. The van der Waals surface area contributed by atoms with Gasteiger partial charge in [0.1, 0.15) is 17.3 Å². The second-order valence-corrected chi connectivity index (χ2v) is 6.48. The third kappa shape index (κ3) is 3.94. The van der Waals surface area contributed by atoms with E-state index in [1.54, 1.807) is 53.8 Å². The van der Waals surface area contributed by atoms with Crippen molar-refractivity contribution >= 4 is 23.5 Å². The first-order valence-electron chi connectivity index (χ1n) is 8.96. The van der Waals surface area contributed by atoms with Gasteiger partial charge in [-0.05, 0) is 36.4 Å². The van der Waals surface area contributed by atoms with E-state index in [1.807, 2.05) is 0 Å². The molecule has 1 saturated heterocycles. The van der Waals surface area contributed by atoms with Crippen molar-refractivity contribution in [2.45, 2.75) is 6.42 Å². The molecule has 1 fully saturated rings. The maximum atomic E-state index is 13.0. The van der Waals surface area contributed by atoms with Crippen LogP contribution in [0.15, 0.2) is 58.0 Å². The van der Waals surface area contributed by atoms with Crippen LogP contribution in [0.2, 0.25) is 0 Å². The first kappa shape index (κ1) is 17.5. The molecule has 0 unspecified atom stereocenters. The molecule has 3 heterocycles. The number of carbonyl (C=O) groups is 1. The van der Waals surface area contributed by atoms with Gasteiger partial charge in [-0.3, -0.25) is 14.6 Å². The summed E-state index contributed by atoms with van der Waals surface area (Å²) in [4.78, 5) is 21.5. The van der Waals surface area contributed by atoms with Crippen LogP contribution < -0.4 is 4.90 Å². The molecule has 0 spiro atoms. The van der Waals surface area contributed by atoms with Crippen molar-refractivity contribution in [2.75, 3.05) is 37.7 Å². The van der Waals surface area contributed by atoms with E-state index in [-0.39, 0.29) is 11.7 Å². The Morgan fingerprint density at radius 3 is 2.63 bits per heavy atom. The molecule has 1 aromatic carbocycles. The summed E-state index contributed by atoms with van der Waals surface area (Å²) in [5, 5.41) is 9.55. The standard InChI is InChI=1S/C20H21N3O4/c24-17-3-1-16(2-4-17)23-19(5-7-22-8-11-26-12-9-22)21-18(20(23)25)13-15-6-10-27-14-15/h1-4,6,10,13-14,24H,5,7-9,11-12H2/b18-13-. The molecule has 0 radical (unpaired) electrons. The van der Waals surface area contributed by atoms with Crippen molar-refractivity contribution in [3.63, 3.8) is 0 Å². The van der Waals surface area contributed by atoms with Crippen LogP contribution in [0.3, 0.4) is 0 Å². The van der Waals surface area contributed by atoms with Gasteiger partial charge in [0, 0.05) is 31.6 Å². The molecule has 0 saturated carbocycles. The number of amidine groups is 1. The summed E-state index contributed by atoms with van der Waals surface area (Å²) in [7, 11) is 0. The summed E-state index contributed by atoms with van der Waals surface area (Å²) in [6, 6.07) is 8.36. The minimum atomic E-state index is -0.182. The molecule has 0 atom stereocenters. The van der Waals surface area contributed by atoms with Gasteiger partial charge in [0.2, 0.25) is 0 Å². The Morgan fingerprint density at radius 2 is 1.93 bits per heavy atom. The molecule has 2 aromatic rings. The monoisotopic (exact) mass is 367 g/mol. The van der Waals surface area contributed by atoms with Gasteiger partial charge in [-0.25, -0.2) is 4.99 Å². The van der Waals surface area contributed by atoms with Gasteiger partial charge in [-0.1, -0.05) is 0 Å². The van der Waals surface area contributed by atoms with Gasteiger partial charge in [-0.15, -0.1) is 0 Å². The third-order valence-corrected chi connectivity index (χ3v) is 4.64. The molecule has 0 aliphatic carbocycles. The zero-order valence-electron chi connectivity index (χ0n) is 14.9. The number of hydrogen-bond acceptors (Lipinski definition) is 6. The van der Waals surface area contributed by atoms with Crippen molar-refractivity contribution in [1.29, 1.82) is 0 Å². The van der Waals surface area contributed by atoms with Gasteiger partial charge in [0.25, 0.3) is 5.91 Å². The van der Waals surface area contributed by atoms with Crippen molar-refractivity contribution < 1.29 is 19.1 Å². The quantitative estimate of drug-likeness (QED) is 0.822. The second kappa shape index (κ2) is 7.77. The summed E-state index contributed by atoms with van der Waals surface area (Å²) < 4.78 is 10.5. The number of furan rings is 1. The summed E-state index contributed by atoms with van der Waals surface area (Å²) in [5.74, 6) is 0.678. The molecule has 1 aromatic heterocycles. The summed E-state index contributed by atoms with van der Waals surface area (Å²) in [5.41, 5.74) is 1.86. The van der Waals surface area contributed by atoms with Gasteiger partial charge >= 0.3 is 0 Å². The van der Waals surface area contributed by atoms with Crippen LogP contribution in [0, 0.1) is 0 Å². The van der Waals surface area contributed by atoms with Crippen LogP contribution in [0.25, 0.3) is 6.08 Å². The highest BCUT2D eigenvalue weighted by Crippen LogP contribution is 2.27. The number of aliphatic imine (C=N–C) groups is 1. The highest BCUT2D eigenvalue weighted by Gasteiger charge is 2.31. The fraction of sp³-hybridized carbons (Fsp3) is 0.300. The van der Waals surface area contributed by atoms with Gasteiger partial charge < -0.3 is 14.3 Å². The number of phenolic OH excluding ortho intramolecular Hbond substituents is 1. The van der Waals surface area contributed by atoms with E-state index < -0.39 is 0 Å². The number of carbonyl (C=O) groups excluding carboxylic acids is 1. The third-order valence-electron chi connectivity index (χ3n) is 4.64. The first-order valence-corrected chi connectivity index (χ1v) is 8.96. The average molecular weight is 367 g/mol. The zero-order valence-corrected chi connectivity index (χ0v) is 14.9. The van der Waals surface area contributed by atoms with Crippen LogP contribution in [-0.4, -0.2) is 54.6 Å². The Hall–Kier alpha value is -2.90. The molecule has 2 aliphatic rings. The number of nitrogens with zero attached hydrogens (tertiary/aromatic N) is 3. The van der Waals surface area contributed by atoms with Gasteiger partial charge in [0.05, 0.1) is 31.4 Å². The first-order chi connectivity index (χ1) is 13.2. The number of ether oxygens (including phenoxy) is 1. The molecule has 140 valence electrons. The van der Waals surface area contributed by atoms with Crippen molar-refractivity contribution in [1.82, 2.24) is 4.90 Å². The van der Waals surface area contributed by atoms with Crippen molar-refractivity contribution in [3.05, 3.63) is 54.1 Å². The van der Waals surface area contributed by atoms with Gasteiger partial charge in [0.15, 0.2) is 0 Å². The number of aromatic hydroxyl groups is 1. The topological polar surface area (TPSA) is 78.5 Å². The minimum Gasteiger partial charge on any atom is -0.508 e. The Labute approximate surface area is 157 Å². The summed E-state index contributed by atoms with van der Waals surface area (Å²) in [6.45, 7) is 4.05. The Balaban J connectivity index is 1.59. The molecule has 0 bridgehead atoms. The van der Waals surface area contributed by atoms with E-state index in [9.17, 15) is 9.90 Å². The smallest absolute Gasteiger partial charge is 0.282 e. The lowest BCUT2D eigenvalue weighted by Crippen LogP contribution is -2.39. The molecular formula is C20H21N3O4. The minimum absolute atomic E-state index is 0.159. The highest BCUT2D eigenvalue weighted by molar-refractivity contribution is 6.28. The maximum Gasteiger partial charge on any atom is 0.282 e. The van der Waals surface area contributed by atoms with Gasteiger partial charge in [-0.2, -0.15) is 0 Å². The van der Waals surface area contributed by atoms with E-state index in [4.69, 9.17) is 9.15 Å². The van der Waals surface area contributed by atoms with Crippen LogP contribution in [0.4, 0.5) is 5.69 Å². The summed E-state index contributed by atoms with van der Waals surface area (Å²) in [6.07, 6.45) is 5.51. The number of phenols is 1. The molecule has 7 heteroatoms. The Bertz CT molecular complexity index is 850. The molecule has 4 rings (SSSR count). The fourth-order valence-corrected chi connectivity index (χ4v) is 3.20. The number of morpholine rings is 1. The SMILES string of the molecule is O=C1/C(=C/c2ccoc2)N=C(CCN2CCOCC2)N1c1ccc(O)cc1. The largest absolute Gasteiger partial charge is 0.508 e. The number of benzene rings is 1. The van der Waals surface area contributed by atoms with Crippen molar-refractivity contribution in [3.8, 4) is 5.75 Å². The lowest BCUT2D eigenvalue weighted by atomic mass is 10.2. The number of rotatable bonds is 5. The van der Waals surface area contributed by atoms with Crippen LogP contribution in [-0.2, 0) is 9.53 Å². The molecular weight excluding hydrogens is 346 g/mol. The maximum absolute atomic E-state index is 13.0. The van der Waals surface area contributed by atoms with E-state index in [0.29, 0.717) is 23.6 Å². The normalized spacial score (nSPS) is 19.7. The zero-order chi connectivity index (χ0) is 18.6. The number of amides is 1. The van der Waals surface area contributed by atoms with Crippen LogP contribution in [0.1, 0.15) is 12.0 Å². The van der Waals surface area contributed by atoms with Crippen LogP contribution >= 0.6 is 0 Å². The summed E-state index contributed by atoms with van der Waals surface area (Å²) >= 11 is 0. The number of hydrogen-bond donors (Lipinski definition) is 1. The van der Waals surface area contributed by atoms with Crippen molar-refractivity contribution in [2.24, 2.45) is 4.99 Å². The average Bonchev–Trinajstić information content (AvgIpc) is 3.31. The molecule has 1 N–H and O–H groups in total. The van der Waals surface area contributed by atoms with E-state index in [2.05, 4.69) is 9.89 Å². The lowest BCUT2D eigenvalue weighted by Gasteiger charge is -2.27. The predicted octanol–water partition coefficient (Wildman–Crippen LogP) is 2.49. The Morgan fingerprint density at radius 1 is 1.15 bits per heavy atom. The molecule has 2 aliphatic heterocycles. The predicted molar refractivity (Wildman–Crippen MR) is 102 cm³/mol.